The number of aryl methyl sites for hydroxylation is 1. The molecule has 2 rings (SSSR count). The molecule has 1 heterocycles. The molecule has 0 aliphatic carbocycles. The Morgan fingerprint density at radius 3 is 2.32 bits per heavy atom. The molecule has 0 unspecified atom stereocenters. The monoisotopic (exact) mass is 267 g/mol. The number of halogens is 2. The fraction of sp³-hybridized carbons (Fsp3) is 0.533. The van der Waals surface area contributed by atoms with Crippen molar-refractivity contribution < 1.29 is 13.6 Å². The van der Waals surface area contributed by atoms with Gasteiger partial charge >= 0.3 is 0 Å². The number of Topliss-reactive ketones (excluding diaryl/α,β-unsaturated/α-hetero) is 1. The first-order chi connectivity index (χ1) is 8.85. The molecule has 0 saturated carbocycles. The van der Waals surface area contributed by atoms with E-state index in [1.54, 1.807) is 13.8 Å². The molecule has 104 valence electrons. The van der Waals surface area contributed by atoms with Crippen LogP contribution in [0.25, 0.3) is 0 Å². The number of rotatable bonds is 3. The van der Waals surface area contributed by atoms with E-state index >= 15 is 0 Å². The molecule has 19 heavy (non-hydrogen) atoms. The summed E-state index contributed by atoms with van der Waals surface area (Å²) < 4.78 is 27.5. The molecule has 0 bridgehead atoms. The molecule has 1 aromatic carbocycles. The van der Waals surface area contributed by atoms with Gasteiger partial charge in [0, 0.05) is 0 Å². The first kappa shape index (κ1) is 14.1. The molecule has 1 saturated heterocycles. The van der Waals surface area contributed by atoms with Gasteiger partial charge in [0.25, 0.3) is 0 Å². The zero-order chi connectivity index (χ0) is 14.2. The van der Waals surface area contributed by atoms with Crippen LogP contribution in [0, 0.1) is 18.6 Å². The Labute approximate surface area is 112 Å². The number of nitrogens with zero attached hydrogens (tertiary/aromatic N) is 1. The molecule has 1 aliphatic rings. The normalized spacial score (nSPS) is 16.9. The van der Waals surface area contributed by atoms with Crippen LogP contribution in [0.3, 0.4) is 0 Å². The predicted molar refractivity (Wildman–Crippen MR) is 70.3 cm³/mol. The van der Waals surface area contributed by atoms with Crippen LogP contribution in [-0.2, 0) is 0 Å². The average molecular weight is 267 g/mol. The van der Waals surface area contributed by atoms with Gasteiger partial charge in [-0.25, -0.2) is 8.78 Å². The Morgan fingerprint density at radius 2 is 1.74 bits per heavy atom. The van der Waals surface area contributed by atoms with Gasteiger partial charge in [-0.1, -0.05) is 6.07 Å². The molecule has 0 atom stereocenters. The van der Waals surface area contributed by atoms with E-state index in [9.17, 15) is 13.6 Å². The van der Waals surface area contributed by atoms with E-state index in [4.69, 9.17) is 0 Å². The maximum absolute atomic E-state index is 13.9. The summed E-state index contributed by atoms with van der Waals surface area (Å²) in [5, 5.41) is 0. The lowest BCUT2D eigenvalue weighted by atomic mass is 9.90. The summed E-state index contributed by atoms with van der Waals surface area (Å²) in [7, 11) is 0. The van der Waals surface area contributed by atoms with Gasteiger partial charge in [0.1, 0.15) is 0 Å². The first-order valence-corrected chi connectivity index (χ1v) is 6.60. The number of benzene rings is 1. The smallest absolute Gasteiger partial charge is 0.185 e. The van der Waals surface area contributed by atoms with Gasteiger partial charge in [-0.3, -0.25) is 9.69 Å². The molecule has 0 radical (unpaired) electrons. The lowest BCUT2D eigenvalue weighted by Gasteiger charge is -2.34. The third-order valence-electron chi connectivity index (χ3n) is 3.97. The highest BCUT2D eigenvalue weighted by Gasteiger charge is 2.38. The molecule has 0 aromatic heterocycles. The van der Waals surface area contributed by atoms with Crippen molar-refractivity contribution in [1.82, 2.24) is 4.90 Å². The highest BCUT2D eigenvalue weighted by atomic mass is 19.2. The second-order valence-electron chi connectivity index (χ2n) is 5.64. The van der Waals surface area contributed by atoms with Gasteiger partial charge < -0.3 is 0 Å². The predicted octanol–water partition coefficient (Wildman–Crippen LogP) is 3.33. The van der Waals surface area contributed by atoms with Gasteiger partial charge in [-0.2, -0.15) is 0 Å². The van der Waals surface area contributed by atoms with Crippen molar-refractivity contribution >= 4 is 5.78 Å². The minimum Gasteiger partial charge on any atom is -0.292 e. The van der Waals surface area contributed by atoms with E-state index < -0.39 is 17.2 Å². The number of carbonyl (C=O) groups excluding carboxylic acids is 1. The van der Waals surface area contributed by atoms with Crippen LogP contribution < -0.4 is 0 Å². The highest BCUT2D eigenvalue weighted by Crippen LogP contribution is 2.27. The third kappa shape index (κ3) is 2.41. The number of ketones is 1. The van der Waals surface area contributed by atoms with Gasteiger partial charge in [-0.15, -0.1) is 0 Å². The summed E-state index contributed by atoms with van der Waals surface area (Å²) in [5.74, 6) is -2.31. The number of likely N-dealkylation sites (tertiary alicyclic amines) is 1. The fourth-order valence-corrected chi connectivity index (χ4v) is 2.57. The summed E-state index contributed by atoms with van der Waals surface area (Å²) in [6, 6.07) is 2.83. The van der Waals surface area contributed by atoms with E-state index in [0.717, 1.165) is 25.9 Å². The van der Waals surface area contributed by atoms with Gasteiger partial charge in [-0.05, 0) is 58.3 Å². The Morgan fingerprint density at radius 1 is 1.16 bits per heavy atom. The molecule has 0 spiro atoms. The second-order valence-corrected chi connectivity index (χ2v) is 5.64. The van der Waals surface area contributed by atoms with Crippen molar-refractivity contribution in [2.75, 3.05) is 13.1 Å². The summed E-state index contributed by atoms with van der Waals surface area (Å²) >= 11 is 0. The quantitative estimate of drug-likeness (QED) is 0.783. The minimum atomic E-state index is -1.03. The van der Waals surface area contributed by atoms with Crippen molar-refractivity contribution in [3.05, 3.63) is 34.9 Å². The largest absolute Gasteiger partial charge is 0.292 e. The maximum Gasteiger partial charge on any atom is 0.185 e. The van der Waals surface area contributed by atoms with E-state index in [1.807, 2.05) is 4.90 Å². The van der Waals surface area contributed by atoms with Crippen LogP contribution in [0.5, 0.6) is 0 Å². The zero-order valence-electron chi connectivity index (χ0n) is 11.6. The van der Waals surface area contributed by atoms with Gasteiger partial charge in [0.15, 0.2) is 17.4 Å². The lowest BCUT2D eigenvalue weighted by Crippen LogP contribution is -2.48. The molecule has 0 amide bonds. The summed E-state index contributed by atoms with van der Waals surface area (Å²) in [6.07, 6.45) is 2.09. The van der Waals surface area contributed by atoms with Crippen LogP contribution in [0.2, 0.25) is 0 Å². The zero-order valence-corrected chi connectivity index (χ0v) is 11.6. The van der Waals surface area contributed by atoms with Crippen molar-refractivity contribution in [2.45, 2.75) is 39.2 Å². The number of hydrogen-bond donors (Lipinski definition) is 0. The Balaban J connectivity index is 2.36. The molecule has 2 nitrogen and oxygen atoms in total. The average Bonchev–Trinajstić information content (AvgIpc) is 2.90. The highest BCUT2D eigenvalue weighted by molar-refractivity contribution is 6.03. The standard InChI is InChI=1S/C15H19F2NO/c1-10-6-7-11(13(17)12(10)16)14(19)15(2,3)18-8-4-5-9-18/h6-7H,4-5,8-9H2,1-3H3. The van der Waals surface area contributed by atoms with E-state index in [1.165, 1.54) is 19.1 Å². The van der Waals surface area contributed by atoms with Crippen molar-refractivity contribution in [1.29, 1.82) is 0 Å². The van der Waals surface area contributed by atoms with E-state index in [0.29, 0.717) is 0 Å². The summed E-state index contributed by atoms with van der Waals surface area (Å²) in [5.41, 5.74) is -0.730. The first-order valence-electron chi connectivity index (χ1n) is 6.60. The fourth-order valence-electron chi connectivity index (χ4n) is 2.57. The molecule has 1 aromatic rings. The maximum atomic E-state index is 13.9. The minimum absolute atomic E-state index is 0.153. The molecule has 1 fully saturated rings. The van der Waals surface area contributed by atoms with Gasteiger partial charge in [0.05, 0.1) is 11.1 Å². The molecular weight excluding hydrogens is 248 g/mol. The molecule has 0 N–H and O–H groups in total. The SMILES string of the molecule is Cc1ccc(C(=O)C(C)(C)N2CCCC2)c(F)c1F. The number of hydrogen-bond acceptors (Lipinski definition) is 2. The molecular formula is C15H19F2NO. The Hall–Kier alpha value is -1.29. The van der Waals surface area contributed by atoms with Crippen LogP contribution >= 0.6 is 0 Å². The Kier molecular flexibility index (Phi) is 3.72. The summed E-state index contributed by atoms with van der Waals surface area (Å²) in [6.45, 7) is 6.69. The van der Waals surface area contributed by atoms with Crippen molar-refractivity contribution in [3.63, 3.8) is 0 Å². The molecule has 1 aliphatic heterocycles. The third-order valence-corrected chi connectivity index (χ3v) is 3.97. The van der Waals surface area contributed by atoms with Crippen molar-refractivity contribution in [2.24, 2.45) is 0 Å². The van der Waals surface area contributed by atoms with Crippen LogP contribution in [0.15, 0.2) is 12.1 Å². The Bertz CT molecular complexity index is 505. The van der Waals surface area contributed by atoms with Crippen LogP contribution in [0.1, 0.15) is 42.6 Å². The van der Waals surface area contributed by atoms with Crippen LogP contribution in [-0.4, -0.2) is 29.3 Å². The van der Waals surface area contributed by atoms with Crippen LogP contribution in [0.4, 0.5) is 8.78 Å². The molecule has 4 heteroatoms. The van der Waals surface area contributed by atoms with Gasteiger partial charge in [0.2, 0.25) is 0 Å². The number of carbonyl (C=O) groups is 1. The summed E-state index contributed by atoms with van der Waals surface area (Å²) in [4.78, 5) is 14.5. The second kappa shape index (κ2) is 5.00. The van der Waals surface area contributed by atoms with Crippen molar-refractivity contribution in [3.8, 4) is 0 Å². The van der Waals surface area contributed by atoms with E-state index in [-0.39, 0.29) is 16.9 Å². The lowest BCUT2D eigenvalue weighted by molar-refractivity contribution is 0.0697. The van der Waals surface area contributed by atoms with E-state index in [2.05, 4.69) is 0 Å². The topological polar surface area (TPSA) is 20.3 Å².